The topological polar surface area (TPSA) is 46.3 Å². The molecule has 4 saturated carbocycles. The Morgan fingerprint density at radius 2 is 1.56 bits per heavy atom. The third-order valence-electron chi connectivity index (χ3n) is 5.93. The largest absolute Gasteiger partial charge is 0.339 e. The summed E-state index contributed by atoms with van der Waals surface area (Å²) in [6.07, 6.45) is 6.78. The van der Waals surface area contributed by atoms with Crippen molar-refractivity contribution in [3.05, 3.63) is 0 Å². The molecule has 0 unspecified atom stereocenters. The van der Waals surface area contributed by atoms with E-state index in [1.807, 2.05) is 11.8 Å². The van der Waals surface area contributed by atoms with E-state index >= 15 is 0 Å². The van der Waals surface area contributed by atoms with Crippen LogP contribution in [0.25, 0.3) is 0 Å². The van der Waals surface area contributed by atoms with E-state index in [2.05, 4.69) is 0 Å². The molecule has 5 rings (SSSR count). The Bertz CT molecular complexity index is 354. The fourth-order valence-corrected chi connectivity index (χ4v) is 5.52. The van der Waals surface area contributed by atoms with Gasteiger partial charge in [0.1, 0.15) is 0 Å². The highest BCUT2D eigenvalue weighted by molar-refractivity contribution is 5.81. The van der Waals surface area contributed by atoms with Crippen molar-refractivity contribution in [2.45, 2.75) is 44.6 Å². The molecule has 100 valence electrons. The van der Waals surface area contributed by atoms with Gasteiger partial charge in [-0.1, -0.05) is 0 Å². The zero-order chi connectivity index (χ0) is 12.5. The molecule has 3 nitrogen and oxygen atoms in total. The Morgan fingerprint density at radius 3 is 2.00 bits per heavy atom. The fourth-order valence-electron chi connectivity index (χ4n) is 5.52. The van der Waals surface area contributed by atoms with Crippen molar-refractivity contribution in [2.24, 2.45) is 35.3 Å². The Kier molecular flexibility index (Phi) is 2.19. The summed E-state index contributed by atoms with van der Waals surface area (Å²) < 4.78 is 0. The van der Waals surface area contributed by atoms with E-state index in [0.29, 0.717) is 23.7 Å². The molecule has 5 aliphatic rings. The van der Waals surface area contributed by atoms with Gasteiger partial charge in [-0.25, -0.2) is 0 Å². The van der Waals surface area contributed by atoms with Crippen LogP contribution in [-0.4, -0.2) is 29.4 Å². The second kappa shape index (κ2) is 3.50. The smallest absolute Gasteiger partial charge is 0.226 e. The van der Waals surface area contributed by atoms with Crippen LogP contribution >= 0.6 is 0 Å². The zero-order valence-electron chi connectivity index (χ0n) is 11.3. The molecule has 3 heteroatoms. The first-order valence-corrected chi connectivity index (χ1v) is 7.59. The lowest BCUT2D eigenvalue weighted by Crippen LogP contribution is -2.68. The van der Waals surface area contributed by atoms with Gasteiger partial charge in [0.05, 0.1) is 0 Å². The van der Waals surface area contributed by atoms with E-state index in [-0.39, 0.29) is 5.54 Å². The van der Waals surface area contributed by atoms with Crippen LogP contribution in [0.2, 0.25) is 0 Å². The number of amides is 1. The van der Waals surface area contributed by atoms with E-state index in [0.717, 1.165) is 24.9 Å². The molecule has 0 aromatic carbocycles. The molecule has 0 radical (unpaired) electrons. The van der Waals surface area contributed by atoms with Gasteiger partial charge in [0, 0.05) is 24.5 Å². The molecule has 0 aromatic rings. The molecule has 5 fully saturated rings. The van der Waals surface area contributed by atoms with Crippen LogP contribution in [0.5, 0.6) is 0 Å². The van der Waals surface area contributed by atoms with E-state index in [1.54, 1.807) is 0 Å². The second-order valence-electron chi connectivity index (χ2n) is 7.80. The number of rotatable bonds is 1. The van der Waals surface area contributed by atoms with Gasteiger partial charge < -0.3 is 10.6 Å². The maximum absolute atomic E-state index is 12.7. The van der Waals surface area contributed by atoms with Crippen molar-refractivity contribution in [2.75, 3.05) is 13.1 Å². The number of nitrogens with zero attached hydrogens (tertiary/aromatic N) is 1. The van der Waals surface area contributed by atoms with Gasteiger partial charge in [-0.15, -0.1) is 0 Å². The van der Waals surface area contributed by atoms with Crippen LogP contribution in [0.1, 0.15) is 39.0 Å². The molecule has 1 aliphatic heterocycles. The van der Waals surface area contributed by atoms with Crippen LogP contribution in [-0.2, 0) is 4.79 Å². The Balaban J connectivity index is 1.50. The third-order valence-corrected chi connectivity index (χ3v) is 5.93. The van der Waals surface area contributed by atoms with Crippen LogP contribution < -0.4 is 5.73 Å². The molecule has 0 atom stereocenters. The summed E-state index contributed by atoms with van der Waals surface area (Å²) in [6, 6.07) is 0. The maximum atomic E-state index is 12.7. The van der Waals surface area contributed by atoms with Crippen molar-refractivity contribution in [1.29, 1.82) is 0 Å². The molecule has 18 heavy (non-hydrogen) atoms. The van der Waals surface area contributed by atoms with Gasteiger partial charge in [0.15, 0.2) is 0 Å². The normalized spacial score (nSPS) is 48.1. The lowest BCUT2D eigenvalue weighted by molar-refractivity contribution is -0.156. The van der Waals surface area contributed by atoms with E-state index in [4.69, 9.17) is 5.73 Å². The summed E-state index contributed by atoms with van der Waals surface area (Å²) in [5.41, 5.74) is 5.91. The quantitative estimate of drug-likeness (QED) is 0.766. The van der Waals surface area contributed by atoms with E-state index in [9.17, 15) is 4.79 Å². The first-order valence-electron chi connectivity index (χ1n) is 7.59. The van der Waals surface area contributed by atoms with Gasteiger partial charge in [-0.05, 0) is 62.7 Å². The van der Waals surface area contributed by atoms with Crippen molar-refractivity contribution < 1.29 is 4.79 Å². The summed E-state index contributed by atoms with van der Waals surface area (Å²) in [5.74, 6) is 4.11. The number of hydrogen-bond donors (Lipinski definition) is 1. The van der Waals surface area contributed by atoms with Gasteiger partial charge in [0.2, 0.25) is 5.91 Å². The van der Waals surface area contributed by atoms with Gasteiger partial charge in [-0.2, -0.15) is 0 Å². The maximum Gasteiger partial charge on any atom is 0.226 e. The number of carbonyl (C=O) groups excluding carboxylic acids is 1. The van der Waals surface area contributed by atoms with Gasteiger partial charge >= 0.3 is 0 Å². The monoisotopic (exact) mass is 248 g/mol. The van der Waals surface area contributed by atoms with Crippen molar-refractivity contribution in [1.82, 2.24) is 4.90 Å². The first-order chi connectivity index (χ1) is 8.52. The minimum atomic E-state index is -0.123. The number of hydrogen-bond acceptors (Lipinski definition) is 2. The molecule has 4 bridgehead atoms. The predicted molar refractivity (Wildman–Crippen MR) is 69.7 cm³/mol. The molecular formula is C15H24N2O. The summed E-state index contributed by atoms with van der Waals surface area (Å²) in [6.45, 7) is 3.59. The minimum Gasteiger partial charge on any atom is -0.339 e. The Morgan fingerprint density at radius 1 is 1.06 bits per heavy atom. The van der Waals surface area contributed by atoms with Crippen LogP contribution in [0.3, 0.4) is 0 Å². The average molecular weight is 248 g/mol. The summed E-state index contributed by atoms with van der Waals surface area (Å²) in [4.78, 5) is 14.7. The van der Waals surface area contributed by atoms with Gasteiger partial charge in [-0.3, -0.25) is 4.79 Å². The molecule has 0 spiro atoms. The fraction of sp³-hybridized carbons (Fsp3) is 0.933. The molecule has 4 aliphatic carbocycles. The van der Waals surface area contributed by atoms with E-state index in [1.165, 1.54) is 32.1 Å². The first kappa shape index (κ1) is 11.3. The third kappa shape index (κ3) is 1.56. The second-order valence-corrected chi connectivity index (χ2v) is 7.80. The van der Waals surface area contributed by atoms with Crippen LogP contribution in [0.4, 0.5) is 0 Å². The predicted octanol–water partition coefficient (Wildman–Crippen LogP) is 1.62. The molecule has 0 aromatic heterocycles. The van der Waals surface area contributed by atoms with Crippen molar-refractivity contribution in [3.8, 4) is 0 Å². The number of likely N-dealkylation sites (tertiary alicyclic amines) is 1. The highest BCUT2D eigenvalue weighted by Gasteiger charge is 2.53. The summed E-state index contributed by atoms with van der Waals surface area (Å²) in [7, 11) is 0. The highest BCUT2D eigenvalue weighted by Crippen LogP contribution is 2.57. The van der Waals surface area contributed by atoms with Crippen LogP contribution in [0, 0.1) is 29.6 Å². The standard InChI is InChI=1S/C15H24N2O/c1-15(16)7-17(8-15)14(18)13-11-3-9-2-10(5-11)6-12(13)4-9/h9-13H,2-8,16H2,1H3. The zero-order valence-corrected chi connectivity index (χ0v) is 11.3. The van der Waals surface area contributed by atoms with Crippen LogP contribution in [0.15, 0.2) is 0 Å². The van der Waals surface area contributed by atoms with Gasteiger partial charge in [0.25, 0.3) is 0 Å². The average Bonchev–Trinajstić information content (AvgIpc) is 2.23. The number of nitrogens with two attached hydrogens (primary N) is 1. The number of carbonyl (C=O) groups is 1. The van der Waals surface area contributed by atoms with Crippen molar-refractivity contribution in [3.63, 3.8) is 0 Å². The summed E-state index contributed by atoms with van der Waals surface area (Å²) >= 11 is 0. The molecular weight excluding hydrogens is 224 g/mol. The summed E-state index contributed by atoms with van der Waals surface area (Å²) in [5, 5.41) is 0. The van der Waals surface area contributed by atoms with E-state index < -0.39 is 0 Å². The highest BCUT2D eigenvalue weighted by atomic mass is 16.2. The minimum absolute atomic E-state index is 0.123. The lowest BCUT2D eigenvalue weighted by atomic mass is 9.51. The molecule has 1 saturated heterocycles. The van der Waals surface area contributed by atoms with Crippen molar-refractivity contribution >= 4 is 5.91 Å². The Labute approximate surface area is 109 Å². The molecule has 1 amide bonds. The molecule has 1 heterocycles. The SMILES string of the molecule is CC1(N)CN(C(=O)C2C3CC4CC(C3)CC2C4)C1. The Hall–Kier alpha value is -0.570. The lowest BCUT2D eigenvalue weighted by Gasteiger charge is -2.56. The molecule has 2 N–H and O–H groups in total.